The Kier molecular flexibility index (Phi) is 4.52. The minimum Gasteiger partial charge on any atom is -0.391 e. The fourth-order valence-electron chi connectivity index (χ4n) is 2.37. The van der Waals surface area contributed by atoms with Gasteiger partial charge in [0.05, 0.1) is 0 Å². The number of benzene rings is 2. The third-order valence-corrected chi connectivity index (χ3v) is 3.55. The normalized spacial score (nSPS) is 11.5. The molecule has 0 saturated carbocycles. The van der Waals surface area contributed by atoms with Crippen molar-refractivity contribution in [2.75, 3.05) is 0 Å². The lowest BCUT2D eigenvalue weighted by molar-refractivity contribution is 0.130. The monoisotopic (exact) mass is 305 g/mol. The molecule has 0 saturated heterocycles. The van der Waals surface area contributed by atoms with Gasteiger partial charge in [0, 0.05) is 11.3 Å². The molecule has 116 valence electrons. The molecule has 4 nitrogen and oxygen atoms in total. The Morgan fingerprint density at radius 1 is 1.04 bits per heavy atom. The van der Waals surface area contributed by atoms with Crippen molar-refractivity contribution < 1.29 is 4.84 Å². The van der Waals surface area contributed by atoms with Crippen LogP contribution in [0, 0.1) is 6.92 Å². The van der Waals surface area contributed by atoms with Crippen LogP contribution in [-0.4, -0.2) is 15.7 Å². The molecule has 4 heteroatoms. The summed E-state index contributed by atoms with van der Waals surface area (Å²) in [6, 6.07) is 20.0. The smallest absolute Gasteiger partial charge is 0.142 e. The number of nitrogens with one attached hydrogen (secondary N) is 1. The summed E-state index contributed by atoms with van der Waals surface area (Å²) in [5.41, 5.74) is 4.72. The summed E-state index contributed by atoms with van der Waals surface area (Å²) >= 11 is 0. The molecule has 0 fully saturated rings. The van der Waals surface area contributed by atoms with E-state index in [0.29, 0.717) is 6.61 Å². The van der Waals surface area contributed by atoms with Crippen LogP contribution in [0.3, 0.4) is 0 Å². The van der Waals surface area contributed by atoms with Crippen molar-refractivity contribution in [3.8, 4) is 11.4 Å². The van der Waals surface area contributed by atoms with Crippen LogP contribution in [0.1, 0.15) is 23.9 Å². The second-order valence-corrected chi connectivity index (χ2v) is 5.36. The van der Waals surface area contributed by atoms with Gasteiger partial charge in [0.25, 0.3) is 0 Å². The van der Waals surface area contributed by atoms with E-state index in [4.69, 9.17) is 4.84 Å². The largest absolute Gasteiger partial charge is 0.391 e. The maximum atomic E-state index is 5.44. The SMILES string of the molecule is C/C(=N\OCc1ccccc1)c1nc(-c2ccccc2)[nH]c1C. The number of hydrogen-bond donors (Lipinski definition) is 1. The molecule has 0 bridgehead atoms. The number of oxime groups is 1. The number of H-pyrrole nitrogens is 1. The highest BCUT2D eigenvalue weighted by atomic mass is 16.6. The van der Waals surface area contributed by atoms with Gasteiger partial charge in [0.15, 0.2) is 0 Å². The number of aromatic amines is 1. The highest BCUT2D eigenvalue weighted by Gasteiger charge is 2.11. The molecule has 0 unspecified atom stereocenters. The number of aryl methyl sites for hydroxylation is 1. The van der Waals surface area contributed by atoms with Crippen LogP contribution in [-0.2, 0) is 11.4 Å². The summed E-state index contributed by atoms with van der Waals surface area (Å²) in [6.07, 6.45) is 0. The standard InChI is InChI=1S/C19H19N3O/c1-14-18(21-19(20-14)17-11-7-4-8-12-17)15(2)22-23-13-16-9-5-3-6-10-16/h3-12H,13H2,1-2H3,(H,20,21)/b22-15+. The van der Waals surface area contributed by atoms with E-state index in [2.05, 4.69) is 15.1 Å². The molecule has 0 atom stereocenters. The van der Waals surface area contributed by atoms with Gasteiger partial charge in [-0.15, -0.1) is 0 Å². The van der Waals surface area contributed by atoms with E-state index >= 15 is 0 Å². The number of aromatic nitrogens is 2. The highest BCUT2D eigenvalue weighted by molar-refractivity contribution is 5.98. The molecule has 1 aromatic heterocycles. The quantitative estimate of drug-likeness (QED) is 0.563. The number of imidazole rings is 1. The van der Waals surface area contributed by atoms with Gasteiger partial charge in [-0.25, -0.2) is 4.98 Å². The molecule has 0 spiro atoms. The first-order chi connectivity index (χ1) is 11.2. The predicted octanol–water partition coefficient (Wildman–Crippen LogP) is 4.33. The lowest BCUT2D eigenvalue weighted by Crippen LogP contribution is -1.99. The van der Waals surface area contributed by atoms with Crippen LogP contribution in [0.25, 0.3) is 11.4 Å². The molecular weight excluding hydrogens is 286 g/mol. The van der Waals surface area contributed by atoms with Gasteiger partial charge in [-0.05, 0) is 19.4 Å². The van der Waals surface area contributed by atoms with Crippen LogP contribution >= 0.6 is 0 Å². The Labute approximate surface area is 135 Å². The van der Waals surface area contributed by atoms with Crippen molar-refractivity contribution in [2.45, 2.75) is 20.5 Å². The van der Waals surface area contributed by atoms with Crippen molar-refractivity contribution in [3.63, 3.8) is 0 Å². The van der Waals surface area contributed by atoms with Crippen molar-refractivity contribution in [2.24, 2.45) is 5.16 Å². The number of rotatable bonds is 5. The summed E-state index contributed by atoms with van der Waals surface area (Å²) in [5, 5.41) is 4.19. The third-order valence-electron chi connectivity index (χ3n) is 3.55. The zero-order valence-corrected chi connectivity index (χ0v) is 13.3. The van der Waals surface area contributed by atoms with Gasteiger partial charge >= 0.3 is 0 Å². The highest BCUT2D eigenvalue weighted by Crippen LogP contribution is 2.18. The summed E-state index contributed by atoms with van der Waals surface area (Å²) in [4.78, 5) is 13.4. The lowest BCUT2D eigenvalue weighted by Gasteiger charge is -2.01. The summed E-state index contributed by atoms with van der Waals surface area (Å²) in [5.74, 6) is 0.843. The molecule has 0 aliphatic carbocycles. The Bertz CT molecular complexity index is 792. The average Bonchev–Trinajstić information content (AvgIpc) is 2.98. The summed E-state index contributed by atoms with van der Waals surface area (Å²) < 4.78 is 0. The van der Waals surface area contributed by atoms with Gasteiger partial charge in [0.2, 0.25) is 0 Å². The molecule has 1 N–H and O–H groups in total. The molecule has 3 aromatic rings. The van der Waals surface area contributed by atoms with Crippen LogP contribution in [0.4, 0.5) is 0 Å². The van der Waals surface area contributed by atoms with Gasteiger partial charge in [-0.2, -0.15) is 0 Å². The first-order valence-corrected chi connectivity index (χ1v) is 7.57. The molecule has 1 heterocycles. The minimum absolute atomic E-state index is 0.452. The number of nitrogens with zero attached hydrogens (tertiary/aromatic N) is 2. The third kappa shape index (κ3) is 3.66. The van der Waals surface area contributed by atoms with Crippen LogP contribution in [0.5, 0.6) is 0 Å². The van der Waals surface area contributed by atoms with E-state index in [-0.39, 0.29) is 0 Å². The van der Waals surface area contributed by atoms with Crippen molar-refractivity contribution >= 4 is 5.71 Å². The van der Waals surface area contributed by atoms with Crippen LogP contribution in [0.2, 0.25) is 0 Å². The second kappa shape index (κ2) is 6.92. The Morgan fingerprint density at radius 3 is 2.39 bits per heavy atom. The molecule has 0 radical (unpaired) electrons. The van der Waals surface area contributed by atoms with Crippen molar-refractivity contribution in [1.29, 1.82) is 0 Å². The average molecular weight is 305 g/mol. The summed E-state index contributed by atoms with van der Waals surface area (Å²) in [7, 11) is 0. The van der Waals surface area contributed by atoms with Crippen LogP contribution < -0.4 is 0 Å². The molecule has 3 rings (SSSR count). The summed E-state index contributed by atoms with van der Waals surface area (Å²) in [6.45, 7) is 4.35. The fraction of sp³-hybridized carbons (Fsp3) is 0.158. The first-order valence-electron chi connectivity index (χ1n) is 7.57. The van der Waals surface area contributed by atoms with E-state index in [9.17, 15) is 0 Å². The second-order valence-electron chi connectivity index (χ2n) is 5.36. The first kappa shape index (κ1) is 15.0. The van der Waals surface area contributed by atoms with Gasteiger partial charge in [-0.3, -0.25) is 0 Å². The van der Waals surface area contributed by atoms with Gasteiger partial charge in [-0.1, -0.05) is 65.8 Å². The van der Waals surface area contributed by atoms with E-state index < -0.39 is 0 Å². The van der Waals surface area contributed by atoms with E-state index in [1.807, 2.05) is 74.5 Å². The molecule has 0 aliphatic rings. The van der Waals surface area contributed by atoms with Crippen molar-refractivity contribution in [1.82, 2.24) is 9.97 Å². The van der Waals surface area contributed by atoms with E-state index in [0.717, 1.165) is 34.1 Å². The molecule has 0 aliphatic heterocycles. The Balaban J connectivity index is 1.73. The maximum absolute atomic E-state index is 5.44. The Hall–Kier alpha value is -2.88. The molecular formula is C19H19N3O. The van der Waals surface area contributed by atoms with Crippen molar-refractivity contribution in [3.05, 3.63) is 77.6 Å². The Morgan fingerprint density at radius 2 is 1.70 bits per heavy atom. The number of hydrogen-bond acceptors (Lipinski definition) is 3. The van der Waals surface area contributed by atoms with Gasteiger partial charge in [0.1, 0.15) is 23.8 Å². The zero-order valence-electron chi connectivity index (χ0n) is 13.3. The van der Waals surface area contributed by atoms with E-state index in [1.54, 1.807) is 0 Å². The molecule has 0 amide bonds. The molecule has 23 heavy (non-hydrogen) atoms. The van der Waals surface area contributed by atoms with Crippen LogP contribution in [0.15, 0.2) is 65.8 Å². The zero-order chi connectivity index (χ0) is 16.1. The predicted molar refractivity (Wildman–Crippen MR) is 92.2 cm³/mol. The topological polar surface area (TPSA) is 50.3 Å². The minimum atomic E-state index is 0.452. The maximum Gasteiger partial charge on any atom is 0.142 e. The van der Waals surface area contributed by atoms with E-state index in [1.165, 1.54) is 0 Å². The fourth-order valence-corrected chi connectivity index (χ4v) is 2.37. The molecule has 2 aromatic carbocycles. The lowest BCUT2D eigenvalue weighted by atomic mass is 10.2. The van der Waals surface area contributed by atoms with Gasteiger partial charge < -0.3 is 9.82 Å².